The first kappa shape index (κ1) is 10.9. The first-order valence-electron chi connectivity index (χ1n) is 5.22. The van der Waals surface area contributed by atoms with Crippen LogP contribution in [0.2, 0.25) is 5.15 Å². The minimum atomic E-state index is 0.415. The first-order chi connectivity index (χ1) is 7.16. The van der Waals surface area contributed by atoms with Crippen LogP contribution in [0.25, 0.3) is 0 Å². The van der Waals surface area contributed by atoms with Gasteiger partial charge in [-0.2, -0.15) is 0 Å². The van der Waals surface area contributed by atoms with Crippen LogP contribution in [0.4, 0.5) is 0 Å². The minimum Gasteiger partial charge on any atom is -0.314 e. The van der Waals surface area contributed by atoms with Crippen molar-refractivity contribution in [2.24, 2.45) is 0 Å². The molecule has 3 nitrogen and oxygen atoms in total. The van der Waals surface area contributed by atoms with Crippen LogP contribution in [0, 0.1) is 6.92 Å². The predicted molar refractivity (Wildman–Crippen MR) is 62.2 cm³/mol. The lowest BCUT2D eigenvalue weighted by atomic mass is 10.0. The Balaban J connectivity index is 2.27. The van der Waals surface area contributed by atoms with Crippen molar-refractivity contribution >= 4 is 11.6 Å². The van der Waals surface area contributed by atoms with E-state index in [1.54, 1.807) is 0 Å². The monoisotopic (exact) mass is 225 g/mol. The standard InChI is InChI=1S/C11H16ClN3/c1-8-5-9(6-11(12)14-8)10-7-13-3-4-15(10)2/h5-6,10,13H,3-4,7H2,1-2H3. The van der Waals surface area contributed by atoms with E-state index in [0.29, 0.717) is 11.2 Å². The van der Waals surface area contributed by atoms with Crippen LogP contribution in [0.15, 0.2) is 12.1 Å². The Bertz CT molecular complexity index is 333. The Morgan fingerprint density at radius 2 is 2.33 bits per heavy atom. The molecule has 2 heterocycles. The molecular formula is C11H16ClN3. The maximum Gasteiger partial charge on any atom is 0.129 e. The average Bonchev–Trinajstić information content (AvgIpc) is 2.16. The van der Waals surface area contributed by atoms with Gasteiger partial charge in [-0.1, -0.05) is 11.6 Å². The largest absolute Gasteiger partial charge is 0.314 e. The molecule has 1 N–H and O–H groups in total. The van der Waals surface area contributed by atoms with E-state index in [4.69, 9.17) is 11.6 Å². The van der Waals surface area contributed by atoms with Gasteiger partial charge in [-0.15, -0.1) is 0 Å². The summed E-state index contributed by atoms with van der Waals surface area (Å²) < 4.78 is 0. The molecule has 1 saturated heterocycles. The molecule has 0 radical (unpaired) electrons. The number of halogens is 1. The van der Waals surface area contributed by atoms with Gasteiger partial charge in [0.1, 0.15) is 5.15 Å². The molecular weight excluding hydrogens is 210 g/mol. The number of likely N-dealkylation sites (N-methyl/N-ethyl adjacent to an activating group) is 1. The zero-order chi connectivity index (χ0) is 10.8. The van der Waals surface area contributed by atoms with Crippen molar-refractivity contribution in [1.82, 2.24) is 15.2 Å². The summed E-state index contributed by atoms with van der Waals surface area (Å²) in [5.41, 5.74) is 2.23. The van der Waals surface area contributed by atoms with E-state index in [0.717, 1.165) is 25.3 Å². The van der Waals surface area contributed by atoms with Gasteiger partial charge in [0.05, 0.1) is 0 Å². The van der Waals surface area contributed by atoms with Crippen LogP contribution in [0.3, 0.4) is 0 Å². The lowest BCUT2D eigenvalue weighted by molar-refractivity contribution is 0.202. The molecule has 1 aliphatic rings. The van der Waals surface area contributed by atoms with Crippen LogP contribution in [0.5, 0.6) is 0 Å². The molecule has 1 unspecified atom stereocenters. The quantitative estimate of drug-likeness (QED) is 0.737. The lowest BCUT2D eigenvalue weighted by Gasteiger charge is -2.33. The second-order valence-corrected chi connectivity index (χ2v) is 4.45. The Kier molecular flexibility index (Phi) is 3.24. The smallest absolute Gasteiger partial charge is 0.129 e. The Hall–Kier alpha value is -0.640. The number of aromatic nitrogens is 1. The molecule has 0 aliphatic carbocycles. The molecule has 1 aromatic rings. The van der Waals surface area contributed by atoms with Crippen LogP contribution < -0.4 is 5.32 Å². The number of rotatable bonds is 1. The van der Waals surface area contributed by atoms with Crippen molar-refractivity contribution in [3.63, 3.8) is 0 Å². The molecule has 0 saturated carbocycles. The first-order valence-corrected chi connectivity index (χ1v) is 5.59. The predicted octanol–water partition coefficient (Wildman–Crippen LogP) is 1.62. The fourth-order valence-electron chi connectivity index (χ4n) is 2.02. The summed E-state index contributed by atoms with van der Waals surface area (Å²) in [7, 11) is 2.15. The number of piperazine rings is 1. The summed E-state index contributed by atoms with van der Waals surface area (Å²) in [6.45, 7) is 5.09. The molecule has 0 spiro atoms. The summed E-state index contributed by atoms with van der Waals surface area (Å²) in [6.07, 6.45) is 0. The van der Waals surface area contributed by atoms with Gasteiger partial charge in [0, 0.05) is 31.4 Å². The highest BCUT2D eigenvalue weighted by Gasteiger charge is 2.20. The van der Waals surface area contributed by atoms with Gasteiger partial charge in [-0.25, -0.2) is 4.98 Å². The van der Waals surface area contributed by atoms with Gasteiger partial charge in [0.2, 0.25) is 0 Å². The molecule has 1 aromatic heterocycles. The van der Waals surface area contributed by atoms with Crippen molar-refractivity contribution in [3.05, 3.63) is 28.5 Å². The normalized spacial score (nSPS) is 23.0. The molecule has 0 aromatic carbocycles. The number of nitrogens with one attached hydrogen (secondary N) is 1. The van der Waals surface area contributed by atoms with E-state index in [-0.39, 0.29) is 0 Å². The summed E-state index contributed by atoms with van der Waals surface area (Å²) in [6, 6.07) is 4.49. The molecule has 4 heteroatoms. The van der Waals surface area contributed by atoms with E-state index >= 15 is 0 Å². The van der Waals surface area contributed by atoms with Crippen molar-refractivity contribution in [2.45, 2.75) is 13.0 Å². The fourth-order valence-corrected chi connectivity index (χ4v) is 2.28. The lowest BCUT2D eigenvalue weighted by Crippen LogP contribution is -2.43. The SMILES string of the molecule is Cc1cc(C2CNCCN2C)cc(Cl)n1. The molecule has 82 valence electrons. The van der Waals surface area contributed by atoms with Crippen molar-refractivity contribution in [2.75, 3.05) is 26.7 Å². The number of nitrogens with zero attached hydrogens (tertiary/aromatic N) is 2. The number of pyridine rings is 1. The summed E-state index contributed by atoms with van der Waals surface area (Å²) in [5.74, 6) is 0. The average molecular weight is 226 g/mol. The van der Waals surface area contributed by atoms with Gasteiger partial charge in [0.25, 0.3) is 0 Å². The topological polar surface area (TPSA) is 28.2 Å². The zero-order valence-electron chi connectivity index (χ0n) is 9.13. The van der Waals surface area contributed by atoms with Crippen molar-refractivity contribution < 1.29 is 0 Å². The van der Waals surface area contributed by atoms with Gasteiger partial charge in [-0.3, -0.25) is 4.90 Å². The van der Waals surface area contributed by atoms with Crippen LogP contribution >= 0.6 is 11.6 Å². The maximum absolute atomic E-state index is 5.97. The van der Waals surface area contributed by atoms with Gasteiger partial charge in [-0.05, 0) is 31.7 Å². The molecule has 1 aliphatic heterocycles. The number of aryl methyl sites for hydroxylation is 1. The van der Waals surface area contributed by atoms with Gasteiger partial charge >= 0.3 is 0 Å². The van der Waals surface area contributed by atoms with Crippen molar-refractivity contribution in [1.29, 1.82) is 0 Å². The highest BCUT2D eigenvalue weighted by atomic mass is 35.5. The Morgan fingerprint density at radius 3 is 3.00 bits per heavy atom. The van der Waals surface area contributed by atoms with Gasteiger partial charge in [0.15, 0.2) is 0 Å². The van der Waals surface area contributed by atoms with Crippen LogP contribution in [-0.4, -0.2) is 36.6 Å². The minimum absolute atomic E-state index is 0.415. The van der Waals surface area contributed by atoms with E-state index in [1.165, 1.54) is 5.56 Å². The summed E-state index contributed by atoms with van der Waals surface area (Å²) in [5, 5.41) is 3.98. The van der Waals surface area contributed by atoms with Crippen LogP contribution in [0.1, 0.15) is 17.3 Å². The molecule has 0 bridgehead atoms. The highest BCUT2D eigenvalue weighted by Crippen LogP contribution is 2.23. The number of hydrogen-bond acceptors (Lipinski definition) is 3. The third-order valence-electron chi connectivity index (χ3n) is 2.84. The third-order valence-corrected chi connectivity index (χ3v) is 3.03. The van der Waals surface area contributed by atoms with Crippen molar-refractivity contribution in [3.8, 4) is 0 Å². The van der Waals surface area contributed by atoms with E-state index in [2.05, 4.69) is 28.3 Å². The van der Waals surface area contributed by atoms with Crippen LogP contribution in [-0.2, 0) is 0 Å². The molecule has 2 rings (SSSR count). The summed E-state index contributed by atoms with van der Waals surface area (Å²) in [4.78, 5) is 6.53. The number of hydrogen-bond donors (Lipinski definition) is 1. The van der Waals surface area contributed by atoms with E-state index in [1.807, 2.05) is 13.0 Å². The third kappa shape index (κ3) is 2.48. The molecule has 1 fully saturated rings. The Labute approximate surface area is 95.4 Å². The Morgan fingerprint density at radius 1 is 1.53 bits per heavy atom. The highest BCUT2D eigenvalue weighted by molar-refractivity contribution is 6.29. The molecule has 15 heavy (non-hydrogen) atoms. The molecule has 0 amide bonds. The van der Waals surface area contributed by atoms with E-state index < -0.39 is 0 Å². The zero-order valence-corrected chi connectivity index (χ0v) is 9.88. The van der Waals surface area contributed by atoms with Gasteiger partial charge < -0.3 is 5.32 Å². The second kappa shape index (κ2) is 4.47. The maximum atomic E-state index is 5.97. The summed E-state index contributed by atoms with van der Waals surface area (Å²) >= 11 is 5.97. The molecule has 1 atom stereocenters. The fraction of sp³-hybridized carbons (Fsp3) is 0.545. The second-order valence-electron chi connectivity index (χ2n) is 4.07. The van der Waals surface area contributed by atoms with E-state index in [9.17, 15) is 0 Å².